The van der Waals surface area contributed by atoms with Gasteiger partial charge in [-0.3, -0.25) is 4.98 Å². The maximum absolute atomic E-state index is 9.39. The fraction of sp³-hybridized carbons (Fsp3) is 0.214. The third-order valence-corrected chi connectivity index (χ3v) is 2.84. The number of aromatic nitrogens is 1. The average molecular weight is 244 g/mol. The molecule has 0 radical (unpaired) electrons. The first-order valence-electron chi connectivity index (χ1n) is 5.81. The molecule has 0 spiro atoms. The fourth-order valence-corrected chi connectivity index (χ4v) is 1.70. The van der Waals surface area contributed by atoms with E-state index in [4.69, 9.17) is 0 Å². The molecule has 0 fully saturated rings. The number of hydrogen-bond acceptors (Lipinski definition) is 4. The van der Waals surface area contributed by atoms with Crippen molar-refractivity contribution in [2.24, 2.45) is 0 Å². The van der Waals surface area contributed by atoms with Crippen LogP contribution in [0.5, 0.6) is 11.5 Å². The number of pyridine rings is 1. The molecule has 0 bridgehead atoms. The second-order valence-corrected chi connectivity index (χ2v) is 4.21. The molecule has 0 unspecified atom stereocenters. The van der Waals surface area contributed by atoms with E-state index in [1.165, 1.54) is 6.07 Å². The van der Waals surface area contributed by atoms with Crippen LogP contribution >= 0.6 is 0 Å². The van der Waals surface area contributed by atoms with Gasteiger partial charge < -0.3 is 15.5 Å². The molecule has 2 rings (SSSR count). The van der Waals surface area contributed by atoms with Crippen molar-refractivity contribution in [2.75, 3.05) is 0 Å². The third-order valence-electron chi connectivity index (χ3n) is 2.84. The number of phenolic OH excluding ortho intramolecular Hbond substituents is 2. The summed E-state index contributed by atoms with van der Waals surface area (Å²) in [5, 5.41) is 21.9. The summed E-state index contributed by atoms with van der Waals surface area (Å²) in [5.74, 6) is -0.192. The van der Waals surface area contributed by atoms with Crippen molar-refractivity contribution in [3.05, 3.63) is 53.9 Å². The van der Waals surface area contributed by atoms with Gasteiger partial charge in [0.1, 0.15) is 0 Å². The Hall–Kier alpha value is -2.07. The lowest BCUT2D eigenvalue weighted by molar-refractivity contribution is 0.402. The Labute approximate surface area is 106 Å². The van der Waals surface area contributed by atoms with Crippen LogP contribution in [0.3, 0.4) is 0 Å². The molecule has 1 aromatic heterocycles. The van der Waals surface area contributed by atoms with Gasteiger partial charge in [0.05, 0.1) is 0 Å². The number of nitrogens with one attached hydrogen (secondary N) is 1. The van der Waals surface area contributed by atoms with Gasteiger partial charge in [-0.2, -0.15) is 0 Å². The number of rotatable bonds is 4. The Kier molecular flexibility index (Phi) is 3.79. The normalized spacial score (nSPS) is 12.3. The van der Waals surface area contributed by atoms with Crippen LogP contribution in [0.25, 0.3) is 0 Å². The first-order chi connectivity index (χ1) is 8.66. The van der Waals surface area contributed by atoms with E-state index in [9.17, 15) is 10.2 Å². The van der Waals surface area contributed by atoms with E-state index < -0.39 is 0 Å². The number of aromatic hydroxyl groups is 2. The summed E-state index contributed by atoms with van der Waals surface area (Å²) in [4.78, 5) is 4.07. The summed E-state index contributed by atoms with van der Waals surface area (Å²) in [7, 11) is 0. The van der Waals surface area contributed by atoms with Crippen molar-refractivity contribution >= 4 is 0 Å². The Balaban J connectivity index is 1.97. The molecule has 0 aliphatic rings. The molecule has 4 nitrogen and oxygen atoms in total. The highest BCUT2D eigenvalue weighted by Crippen LogP contribution is 2.25. The molecular weight excluding hydrogens is 228 g/mol. The van der Waals surface area contributed by atoms with Gasteiger partial charge in [-0.15, -0.1) is 0 Å². The van der Waals surface area contributed by atoms with Crippen molar-refractivity contribution in [1.29, 1.82) is 0 Å². The largest absolute Gasteiger partial charge is 0.504 e. The summed E-state index contributed by atoms with van der Waals surface area (Å²) < 4.78 is 0. The second-order valence-electron chi connectivity index (χ2n) is 4.21. The lowest BCUT2D eigenvalue weighted by atomic mass is 10.1. The van der Waals surface area contributed by atoms with Gasteiger partial charge in [-0.05, 0) is 36.2 Å². The highest BCUT2D eigenvalue weighted by atomic mass is 16.3. The quantitative estimate of drug-likeness (QED) is 0.722. The van der Waals surface area contributed by atoms with Crippen LogP contribution in [0, 0.1) is 0 Å². The Morgan fingerprint density at radius 1 is 1.22 bits per heavy atom. The smallest absolute Gasteiger partial charge is 0.157 e. The molecule has 0 amide bonds. The van der Waals surface area contributed by atoms with E-state index in [0.717, 1.165) is 11.1 Å². The average Bonchev–Trinajstić information content (AvgIpc) is 2.41. The molecule has 0 aliphatic carbocycles. The molecule has 0 saturated carbocycles. The maximum atomic E-state index is 9.39. The van der Waals surface area contributed by atoms with Crippen molar-refractivity contribution in [3.8, 4) is 11.5 Å². The van der Waals surface area contributed by atoms with Gasteiger partial charge in [0.15, 0.2) is 11.5 Å². The molecule has 0 aliphatic heterocycles. The Morgan fingerprint density at radius 2 is 2.06 bits per heavy atom. The SMILES string of the molecule is C[C@@H](NCc1ccc(O)c(O)c1)c1cccnc1. The Bertz CT molecular complexity index is 514. The van der Waals surface area contributed by atoms with Crippen LogP contribution in [0.1, 0.15) is 24.1 Å². The van der Waals surface area contributed by atoms with Gasteiger partial charge in [-0.1, -0.05) is 12.1 Å². The number of benzene rings is 1. The van der Waals surface area contributed by atoms with E-state index >= 15 is 0 Å². The van der Waals surface area contributed by atoms with Crippen LogP contribution < -0.4 is 5.32 Å². The monoisotopic (exact) mass is 244 g/mol. The minimum atomic E-state index is -0.0981. The summed E-state index contributed by atoms with van der Waals surface area (Å²) in [6, 6.07) is 8.91. The zero-order valence-electron chi connectivity index (χ0n) is 10.2. The third kappa shape index (κ3) is 2.99. The molecule has 4 heteroatoms. The number of nitrogens with zero attached hydrogens (tertiary/aromatic N) is 1. The van der Waals surface area contributed by atoms with Crippen LogP contribution in [0.2, 0.25) is 0 Å². The van der Waals surface area contributed by atoms with Crippen LogP contribution in [0.4, 0.5) is 0 Å². The van der Waals surface area contributed by atoms with Crippen LogP contribution in [-0.4, -0.2) is 15.2 Å². The van der Waals surface area contributed by atoms with E-state index in [2.05, 4.69) is 17.2 Å². The van der Waals surface area contributed by atoms with E-state index in [1.807, 2.05) is 18.3 Å². The molecule has 1 atom stereocenters. The van der Waals surface area contributed by atoms with Crippen molar-refractivity contribution < 1.29 is 10.2 Å². The number of hydrogen-bond donors (Lipinski definition) is 3. The second kappa shape index (κ2) is 5.51. The first-order valence-corrected chi connectivity index (χ1v) is 5.81. The van der Waals surface area contributed by atoms with Gasteiger partial charge in [0.25, 0.3) is 0 Å². The van der Waals surface area contributed by atoms with Gasteiger partial charge in [0.2, 0.25) is 0 Å². The van der Waals surface area contributed by atoms with Crippen molar-refractivity contribution in [2.45, 2.75) is 19.5 Å². The van der Waals surface area contributed by atoms with Gasteiger partial charge in [0, 0.05) is 25.0 Å². The predicted molar refractivity (Wildman–Crippen MR) is 69.3 cm³/mol. The fourth-order valence-electron chi connectivity index (χ4n) is 1.70. The topological polar surface area (TPSA) is 65.4 Å². The van der Waals surface area contributed by atoms with Gasteiger partial charge in [-0.25, -0.2) is 0 Å². The molecule has 0 saturated heterocycles. The molecule has 1 heterocycles. The summed E-state index contributed by atoms with van der Waals surface area (Å²) in [6.07, 6.45) is 3.57. The minimum Gasteiger partial charge on any atom is -0.504 e. The lowest BCUT2D eigenvalue weighted by Crippen LogP contribution is -2.18. The zero-order valence-corrected chi connectivity index (χ0v) is 10.2. The molecule has 18 heavy (non-hydrogen) atoms. The van der Waals surface area contributed by atoms with E-state index in [-0.39, 0.29) is 17.5 Å². The molecule has 94 valence electrons. The van der Waals surface area contributed by atoms with Crippen LogP contribution in [0.15, 0.2) is 42.7 Å². The summed E-state index contributed by atoms with van der Waals surface area (Å²) in [5.41, 5.74) is 2.03. The molecular formula is C14H16N2O2. The summed E-state index contributed by atoms with van der Waals surface area (Å²) >= 11 is 0. The minimum absolute atomic E-state index is 0.0941. The highest BCUT2D eigenvalue weighted by Gasteiger charge is 2.05. The van der Waals surface area contributed by atoms with Crippen molar-refractivity contribution in [3.63, 3.8) is 0 Å². The highest BCUT2D eigenvalue weighted by molar-refractivity contribution is 5.40. The van der Waals surface area contributed by atoms with E-state index in [0.29, 0.717) is 6.54 Å². The summed E-state index contributed by atoms with van der Waals surface area (Å²) in [6.45, 7) is 2.67. The van der Waals surface area contributed by atoms with Crippen molar-refractivity contribution in [1.82, 2.24) is 10.3 Å². The standard InChI is InChI=1S/C14H16N2O2/c1-10(12-3-2-6-15-9-12)16-8-11-4-5-13(17)14(18)7-11/h2-7,9-10,16-18H,8H2,1H3/t10-/m1/s1. The van der Waals surface area contributed by atoms with E-state index in [1.54, 1.807) is 18.3 Å². The molecule has 3 N–H and O–H groups in total. The zero-order chi connectivity index (χ0) is 13.0. The lowest BCUT2D eigenvalue weighted by Gasteiger charge is -2.14. The Morgan fingerprint density at radius 3 is 2.72 bits per heavy atom. The van der Waals surface area contributed by atoms with Crippen LogP contribution in [-0.2, 0) is 6.54 Å². The number of phenols is 2. The first kappa shape index (κ1) is 12.4. The van der Waals surface area contributed by atoms with Gasteiger partial charge >= 0.3 is 0 Å². The molecule has 1 aromatic carbocycles. The molecule has 2 aromatic rings. The predicted octanol–water partition coefficient (Wildman–Crippen LogP) is 2.34. The maximum Gasteiger partial charge on any atom is 0.157 e.